The minimum Gasteiger partial charge on any atom is -0.496 e. The molecule has 9 nitrogen and oxygen atoms in total. The van der Waals surface area contributed by atoms with Gasteiger partial charge in [-0.3, -0.25) is 9.52 Å². The van der Waals surface area contributed by atoms with Crippen molar-refractivity contribution in [1.82, 2.24) is 4.31 Å². The summed E-state index contributed by atoms with van der Waals surface area (Å²) in [5.41, 5.74) is 0.819. The van der Waals surface area contributed by atoms with E-state index >= 15 is 0 Å². The summed E-state index contributed by atoms with van der Waals surface area (Å²) >= 11 is 0. The zero-order chi connectivity index (χ0) is 25.1. The number of ether oxygens (including phenoxy) is 1. The number of hydrogen-bond acceptors (Lipinski definition) is 6. The molecule has 3 aromatic rings. The average molecular weight is 516 g/mol. The second-order valence-electron chi connectivity index (χ2n) is 7.92. The molecule has 1 heterocycles. The summed E-state index contributed by atoms with van der Waals surface area (Å²) in [6, 6.07) is 18.3. The van der Waals surface area contributed by atoms with Crippen molar-refractivity contribution in [2.24, 2.45) is 0 Å². The largest absolute Gasteiger partial charge is 0.496 e. The van der Waals surface area contributed by atoms with Crippen molar-refractivity contribution in [1.29, 1.82) is 0 Å². The first kappa shape index (κ1) is 24.7. The van der Waals surface area contributed by atoms with Gasteiger partial charge < -0.3 is 10.1 Å². The topological polar surface area (TPSA) is 122 Å². The van der Waals surface area contributed by atoms with Crippen molar-refractivity contribution in [3.8, 4) is 5.75 Å². The van der Waals surface area contributed by atoms with E-state index in [1.165, 1.54) is 53.9 Å². The highest BCUT2D eigenvalue weighted by atomic mass is 32.2. The first-order valence-electron chi connectivity index (χ1n) is 10.9. The van der Waals surface area contributed by atoms with Crippen LogP contribution in [0.4, 0.5) is 11.4 Å². The summed E-state index contributed by atoms with van der Waals surface area (Å²) in [6.07, 6.45) is 1.60. The third kappa shape index (κ3) is 5.47. The Morgan fingerprint density at radius 1 is 0.829 bits per heavy atom. The summed E-state index contributed by atoms with van der Waals surface area (Å²) in [6.45, 7) is 0.897. The van der Waals surface area contributed by atoms with Crippen LogP contribution in [0.3, 0.4) is 0 Å². The van der Waals surface area contributed by atoms with E-state index in [0.29, 0.717) is 24.5 Å². The molecule has 1 saturated heterocycles. The summed E-state index contributed by atoms with van der Waals surface area (Å²) < 4.78 is 60.2. The minimum absolute atomic E-state index is 0.0128. The number of rotatable bonds is 8. The van der Waals surface area contributed by atoms with E-state index in [-0.39, 0.29) is 21.1 Å². The number of anilines is 2. The molecule has 184 valence electrons. The van der Waals surface area contributed by atoms with E-state index in [2.05, 4.69) is 10.0 Å². The summed E-state index contributed by atoms with van der Waals surface area (Å²) in [4.78, 5) is 13.0. The van der Waals surface area contributed by atoms with Crippen molar-refractivity contribution in [2.45, 2.75) is 22.6 Å². The molecule has 11 heteroatoms. The third-order valence-electron chi connectivity index (χ3n) is 5.57. The van der Waals surface area contributed by atoms with E-state index in [9.17, 15) is 21.6 Å². The van der Waals surface area contributed by atoms with Gasteiger partial charge in [0.1, 0.15) is 5.75 Å². The fourth-order valence-corrected chi connectivity index (χ4v) is 6.34. The number of nitrogens with zero attached hydrogens (tertiary/aromatic N) is 1. The third-order valence-corrected chi connectivity index (χ3v) is 8.86. The number of carbonyl (C=O) groups excluding carboxylic acids is 1. The summed E-state index contributed by atoms with van der Waals surface area (Å²) in [5.74, 6) is -0.368. The summed E-state index contributed by atoms with van der Waals surface area (Å²) in [7, 11) is -6.13. The minimum atomic E-state index is -3.81. The van der Waals surface area contributed by atoms with Crippen molar-refractivity contribution in [3.05, 3.63) is 78.4 Å². The fourth-order valence-electron chi connectivity index (χ4n) is 3.74. The fraction of sp³-hybridized carbons (Fsp3) is 0.208. The lowest BCUT2D eigenvalue weighted by molar-refractivity contribution is 0.102. The number of benzene rings is 3. The van der Waals surface area contributed by atoms with Crippen molar-refractivity contribution >= 4 is 37.3 Å². The molecule has 1 aliphatic heterocycles. The van der Waals surface area contributed by atoms with E-state index in [0.717, 1.165) is 12.8 Å². The normalized spacial score (nSPS) is 14.4. The van der Waals surface area contributed by atoms with Gasteiger partial charge in [0.25, 0.3) is 15.9 Å². The zero-order valence-electron chi connectivity index (χ0n) is 19.0. The van der Waals surface area contributed by atoms with Gasteiger partial charge >= 0.3 is 0 Å². The van der Waals surface area contributed by atoms with Crippen molar-refractivity contribution < 1.29 is 26.4 Å². The Hall–Kier alpha value is -3.41. The Labute approximate surface area is 204 Å². The number of methoxy groups -OCH3 is 1. The molecule has 0 saturated carbocycles. The zero-order valence-corrected chi connectivity index (χ0v) is 20.6. The van der Waals surface area contributed by atoms with Crippen LogP contribution >= 0.6 is 0 Å². The molecule has 0 aliphatic carbocycles. The number of para-hydroxylation sites is 1. The Bertz CT molecular complexity index is 1420. The van der Waals surface area contributed by atoms with Crippen LogP contribution in [-0.2, 0) is 20.0 Å². The monoisotopic (exact) mass is 515 g/mol. The summed E-state index contributed by atoms with van der Waals surface area (Å²) in [5, 5.41) is 2.67. The molecule has 0 aromatic heterocycles. The van der Waals surface area contributed by atoms with Gasteiger partial charge in [0.15, 0.2) is 0 Å². The first-order chi connectivity index (χ1) is 16.7. The molecular formula is C24H25N3O6S2. The van der Waals surface area contributed by atoms with Crippen LogP contribution in [0.1, 0.15) is 23.2 Å². The highest BCUT2D eigenvalue weighted by molar-refractivity contribution is 7.92. The second-order valence-corrected chi connectivity index (χ2v) is 11.5. The van der Waals surface area contributed by atoms with Gasteiger partial charge in [0.05, 0.1) is 22.5 Å². The maximum atomic E-state index is 13.0. The molecule has 3 aromatic carbocycles. The van der Waals surface area contributed by atoms with Crippen molar-refractivity contribution in [2.75, 3.05) is 30.2 Å². The van der Waals surface area contributed by atoms with Gasteiger partial charge in [-0.2, -0.15) is 4.31 Å². The predicted molar refractivity (Wildman–Crippen MR) is 133 cm³/mol. The van der Waals surface area contributed by atoms with Crippen molar-refractivity contribution in [3.63, 3.8) is 0 Å². The molecule has 0 atom stereocenters. The molecule has 0 spiro atoms. The highest BCUT2D eigenvalue weighted by Crippen LogP contribution is 2.27. The van der Waals surface area contributed by atoms with Gasteiger partial charge in [-0.25, -0.2) is 16.8 Å². The molecule has 0 bridgehead atoms. The number of sulfonamides is 2. The van der Waals surface area contributed by atoms with E-state index in [4.69, 9.17) is 4.74 Å². The van der Waals surface area contributed by atoms with Crippen LogP contribution in [0, 0.1) is 0 Å². The first-order valence-corrected chi connectivity index (χ1v) is 13.8. The molecule has 35 heavy (non-hydrogen) atoms. The van der Waals surface area contributed by atoms with E-state index in [1.54, 1.807) is 30.3 Å². The Balaban J connectivity index is 1.53. The lowest BCUT2D eigenvalue weighted by Gasteiger charge is -2.17. The maximum Gasteiger partial charge on any atom is 0.261 e. The van der Waals surface area contributed by atoms with Crippen LogP contribution in [0.5, 0.6) is 5.75 Å². The van der Waals surface area contributed by atoms with Crippen LogP contribution < -0.4 is 14.8 Å². The second kappa shape index (κ2) is 10.1. The molecule has 0 radical (unpaired) electrons. The molecule has 1 amide bonds. The van der Waals surface area contributed by atoms with Gasteiger partial charge in [-0.15, -0.1) is 0 Å². The number of carbonyl (C=O) groups is 1. The SMILES string of the molecule is COc1ccc(S(=O)(=O)N2CCCC2)cc1C(=O)Nc1ccc(S(=O)(=O)Nc2ccccc2)cc1. The average Bonchev–Trinajstić information content (AvgIpc) is 3.40. The van der Waals surface area contributed by atoms with Crippen LogP contribution in [0.2, 0.25) is 0 Å². The quantitative estimate of drug-likeness (QED) is 0.473. The number of hydrogen-bond donors (Lipinski definition) is 2. The standard InChI is InChI=1S/C24H25N3O6S2/c1-33-23-14-13-21(35(31,32)27-15-5-6-16-27)17-22(23)24(28)25-18-9-11-20(12-10-18)34(29,30)26-19-7-3-2-4-8-19/h2-4,7-14,17,26H,5-6,15-16H2,1H3,(H,25,28). The highest BCUT2D eigenvalue weighted by Gasteiger charge is 2.28. The van der Waals surface area contributed by atoms with Crippen LogP contribution in [-0.4, -0.2) is 47.2 Å². The molecule has 0 unspecified atom stereocenters. The maximum absolute atomic E-state index is 13.0. The Kier molecular flexibility index (Phi) is 7.10. The van der Waals surface area contributed by atoms with Gasteiger partial charge in [0, 0.05) is 24.5 Å². The van der Waals surface area contributed by atoms with Gasteiger partial charge in [0.2, 0.25) is 10.0 Å². The van der Waals surface area contributed by atoms with Crippen LogP contribution in [0.25, 0.3) is 0 Å². The molecule has 2 N–H and O–H groups in total. The molecule has 1 aliphatic rings. The molecular weight excluding hydrogens is 490 g/mol. The van der Waals surface area contributed by atoms with Crippen LogP contribution in [0.15, 0.2) is 82.6 Å². The smallest absolute Gasteiger partial charge is 0.261 e. The molecule has 1 fully saturated rings. The Morgan fingerprint density at radius 2 is 1.46 bits per heavy atom. The van der Waals surface area contributed by atoms with Gasteiger partial charge in [-0.1, -0.05) is 18.2 Å². The van der Waals surface area contributed by atoms with Gasteiger partial charge in [-0.05, 0) is 67.4 Å². The Morgan fingerprint density at radius 3 is 2.09 bits per heavy atom. The lowest BCUT2D eigenvalue weighted by atomic mass is 10.2. The lowest BCUT2D eigenvalue weighted by Crippen LogP contribution is -2.28. The van der Waals surface area contributed by atoms with E-state index < -0.39 is 26.0 Å². The number of nitrogens with one attached hydrogen (secondary N) is 2. The number of amides is 1. The predicted octanol–water partition coefficient (Wildman–Crippen LogP) is 3.53. The van der Waals surface area contributed by atoms with E-state index in [1.807, 2.05) is 0 Å². The molecule has 4 rings (SSSR count).